The molecule has 0 fully saturated rings. The number of rotatable bonds is 8. The molecule has 1 aliphatic rings. The molecule has 6 nitrogen and oxygen atoms in total. The number of fused-ring (bicyclic) bond motifs is 3. The summed E-state index contributed by atoms with van der Waals surface area (Å²) in [5.41, 5.74) is 4.17. The maximum Gasteiger partial charge on any atom is 0.407 e. The summed E-state index contributed by atoms with van der Waals surface area (Å²) < 4.78 is 5.20. The molecule has 3 amide bonds. The standard InChI is InChI=1S/C25H33N3O3/c1-25(2,3)31-24(30)27-17-11-5-4-10-16-26-23(29)28-22-20-14-8-6-12-18(20)19-13-7-9-15-21(19)22/h6-9,12-15,22H,4-5,10-11,16-17H2,1-3H3,(H,27,30)(H2,26,28,29). The number of carbonyl (C=O) groups excluding carboxylic acids is 2. The van der Waals surface area contributed by atoms with Gasteiger partial charge in [0.05, 0.1) is 6.04 Å². The molecule has 3 N–H and O–H groups in total. The number of urea groups is 1. The van der Waals surface area contributed by atoms with Crippen molar-refractivity contribution in [1.82, 2.24) is 16.0 Å². The molecular weight excluding hydrogens is 390 g/mol. The quantitative estimate of drug-likeness (QED) is 0.514. The molecule has 3 rings (SSSR count). The predicted molar refractivity (Wildman–Crippen MR) is 123 cm³/mol. The Morgan fingerprint density at radius 2 is 1.32 bits per heavy atom. The van der Waals surface area contributed by atoms with Crippen molar-refractivity contribution in [3.05, 3.63) is 59.7 Å². The second kappa shape index (κ2) is 10.3. The van der Waals surface area contributed by atoms with Crippen LogP contribution in [0.1, 0.15) is 63.6 Å². The minimum absolute atomic E-state index is 0.119. The molecule has 0 aliphatic heterocycles. The Kier molecular flexibility index (Phi) is 7.55. The summed E-state index contributed by atoms with van der Waals surface area (Å²) in [6.07, 6.45) is 3.40. The van der Waals surface area contributed by atoms with Gasteiger partial charge in [-0.3, -0.25) is 0 Å². The third kappa shape index (κ3) is 6.48. The van der Waals surface area contributed by atoms with Crippen LogP contribution >= 0.6 is 0 Å². The maximum atomic E-state index is 12.5. The van der Waals surface area contributed by atoms with Gasteiger partial charge in [-0.25, -0.2) is 9.59 Å². The van der Waals surface area contributed by atoms with Crippen molar-refractivity contribution >= 4 is 12.1 Å². The van der Waals surface area contributed by atoms with Gasteiger partial charge in [0.1, 0.15) is 5.60 Å². The van der Waals surface area contributed by atoms with E-state index in [0.717, 1.165) is 36.8 Å². The number of alkyl carbamates (subject to hydrolysis) is 1. The highest BCUT2D eigenvalue weighted by molar-refractivity contribution is 5.82. The van der Waals surface area contributed by atoms with E-state index >= 15 is 0 Å². The molecule has 0 saturated heterocycles. The van der Waals surface area contributed by atoms with Gasteiger partial charge in [0.15, 0.2) is 0 Å². The minimum Gasteiger partial charge on any atom is -0.444 e. The molecule has 2 aromatic rings. The maximum absolute atomic E-state index is 12.5. The van der Waals surface area contributed by atoms with E-state index in [1.807, 2.05) is 45.0 Å². The van der Waals surface area contributed by atoms with Crippen molar-refractivity contribution in [1.29, 1.82) is 0 Å². The fourth-order valence-electron chi connectivity index (χ4n) is 3.80. The Balaban J connectivity index is 1.33. The highest BCUT2D eigenvalue weighted by Gasteiger charge is 2.28. The van der Waals surface area contributed by atoms with Crippen LogP contribution in [0.25, 0.3) is 11.1 Å². The van der Waals surface area contributed by atoms with Crippen LogP contribution in [0.2, 0.25) is 0 Å². The molecule has 0 heterocycles. The fraction of sp³-hybridized carbons (Fsp3) is 0.440. The number of carbonyl (C=O) groups is 2. The topological polar surface area (TPSA) is 79.5 Å². The average Bonchev–Trinajstić information content (AvgIpc) is 3.03. The van der Waals surface area contributed by atoms with Crippen LogP contribution in [0, 0.1) is 0 Å². The van der Waals surface area contributed by atoms with E-state index in [-0.39, 0.29) is 18.2 Å². The summed E-state index contributed by atoms with van der Waals surface area (Å²) in [7, 11) is 0. The smallest absolute Gasteiger partial charge is 0.407 e. The Morgan fingerprint density at radius 1 is 0.806 bits per heavy atom. The average molecular weight is 424 g/mol. The van der Waals surface area contributed by atoms with Crippen LogP contribution in [-0.2, 0) is 4.74 Å². The molecule has 0 aromatic heterocycles. The van der Waals surface area contributed by atoms with Crippen LogP contribution in [0.3, 0.4) is 0 Å². The lowest BCUT2D eigenvalue weighted by Crippen LogP contribution is -2.38. The zero-order valence-corrected chi connectivity index (χ0v) is 18.7. The lowest BCUT2D eigenvalue weighted by atomic mass is 10.1. The molecule has 0 bridgehead atoms. The van der Waals surface area contributed by atoms with Crippen LogP contribution < -0.4 is 16.0 Å². The van der Waals surface area contributed by atoms with Crippen molar-refractivity contribution in [2.45, 2.75) is 58.1 Å². The normalized spacial score (nSPS) is 12.6. The lowest BCUT2D eigenvalue weighted by molar-refractivity contribution is 0.0527. The molecule has 0 atom stereocenters. The van der Waals surface area contributed by atoms with E-state index in [4.69, 9.17) is 4.74 Å². The number of unbranched alkanes of at least 4 members (excludes halogenated alkanes) is 3. The van der Waals surface area contributed by atoms with Gasteiger partial charge < -0.3 is 20.7 Å². The second-order valence-electron chi connectivity index (χ2n) is 8.85. The fourth-order valence-corrected chi connectivity index (χ4v) is 3.80. The summed E-state index contributed by atoms with van der Waals surface area (Å²) in [6.45, 7) is 6.77. The molecule has 2 aromatic carbocycles. The number of nitrogens with one attached hydrogen (secondary N) is 3. The monoisotopic (exact) mass is 423 g/mol. The van der Waals surface area contributed by atoms with Gasteiger partial charge in [0.2, 0.25) is 0 Å². The van der Waals surface area contributed by atoms with Gasteiger partial charge >= 0.3 is 12.1 Å². The Labute approximate surface area is 184 Å². The SMILES string of the molecule is CC(C)(C)OC(=O)NCCCCCCNC(=O)NC1c2ccccc2-c2ccccc21. The minimum atomic E-state index is -0.473. The number of benzene rings is 2. The van der Waals surface area contributed by atoms with Crippen molar-refractivity contribution < 1.29 is 14.3 Å². The molecule has 6 heteroatoms. The number of amides is 3. The third-order valence-electron chi connectivity index (χ3n) is 5.17. The van der Waals surface area contributed by atoms with Crippen molar-refractivity contribution in [2.75, 3.05) is 13.1 Å². The number of hydrogen-bond donors (Lipinski definition) is 3. The zero-order chi connectivity index (χ0) is 22.3. The van der Waals surface area contributed by atoms with Crippen molar-refractivity contribution in [3.8, 4) is 11.1 Å². The van der Waals surface area contributed by atoms with E-state index < -0.39 is 5.60 Å². The Morgan fingerprint density at radius 3 is 1.87 bits per heavy atom. The van der Waals surface area contributed by atoms with Crippen LogP contribution in [0.5, 0.6) is 0 Å². The number of hydrogen-bond acceptors (Lipinski definition) is 3. The molecule has 0 radical (unpaired) electrons. The van der Waals surface area contributed by atoms with E-state index in [0.29, 0.717) is 13.1 Å². The zero-order valence-electron chi connectivity index (χ0n) is 18.7. The molecule has 0 unspecified atom stereocenters. The van der Waals surface area contributed by atoms with Gasteiger partial charge in [-0.05, 0) is 55.9 Å². The first-order valence-corrected chi connectivity index (χ1v) is 11.0. The van der Waals surface area contributed by atoms with E-state index in [9.17, 15) is 9.59 Å². The highest BCUT2D eigenvalue weighted by Crippen LogP contribution is 2.42. The summed E-state index contributed by atoms with van der Waals surface area (Å²) in [5, 5.41) is 8.85. The Bertz CT molecular complexity index is 859. The van der Waals surface area contributed by atoms with Crippen LogP contribution in [-0.4, -0.2) is 30.8 Å². The molecule has 0 saturated carbocycles. The third-order valence-corrected chi connectivity index (χ3v) is 5.17. The van der Waals surface area contributed by atoms with Gasteiger partial charge in [0.25, 0.3) is 0 Å². The molecule has 31 heavy (non-hydrogen) atoms. The lowest BCUT2D eigenvalue weighted by Gasteiger charge is -2.19. The molecular formula is C25H33N3O3. The largest absolute Gasteiger partial charge is 0.444 e. The van der Waals surface area contributed by atoms with Gasteiger partial charge in [-0.2, -0.15) is 0 Å². The number of ether oxygens (including phenoxy) is 1. The first-order valence-electron chi connectivity index (χ1n) is 11.0. The van der Waals surface area contributed by atoms with Crippen LogP contribution in [0.4, 0.5) is 9.59 Å². The first-order chi connectivity index (χ1) is 14.8. The Hall–Kier alpha value is -3.02. The van der Waals surface area contributed by atoms with Gasteiger partial charge in [-0.1, -0.05) is 61.4 Å². The first kappa shape index (κ1) is 22.7. The van der Waals surface area contributed by atoms with E-state index in [1.165, 1.54) is 11.1 Å². The van der Waals surface area contributed by atoms with Crippen molar-refractivity contribution in [2.24, 2.45) is 0 Å². The molecule has 1 aliphatic carbocycles. The summed E-state index contributed by atoms with van der Waals surface area (Å²) in [6, 6.07) is 16.2. The second-order valence-corrected chi connectivity index (χ2v) is 8.85. The van der Waals surface area contributed by atoms with E-state index in [1.54, 1.807) is 0 Å². The summed E-state index contributed by atoms with van der Waals surface area (Å²) in [4.78, 5) is 24.0. The molecule has 166 valence electrons. The predicted octanol–water partition coefficient (Wildman–Crippen LogP) is 5.14. The van der Waals surface area contributed by atoms with Gasteiger partial charge in [-0.15, -0.1) is 0 Å². The van der Waals surface area contributed by atoms with Crippen molar-refractivity contribution in [3.63, 3.8) is 0 Å². The van der Waals surface area contributed by atoms with Gasteiger partial charge in [0, 0.05) is 13.1 Å². The van der Waals surface area contributed by atoms with E-state index in [2.05, 4.69) is 40.2 Å². The summed E-state index contributed by atoms with van der Waals surface area (Å²) >= 11 is 0. The summed E-state index contributed by atoms with van der Waals surface area (Å²) in [5.74, 6) is 0. The van der Waals surface area contributed by atoms with Crippen LogP contribution in [0.15, 0.2) is 48.5 Å². The molecule has 0 spiro atoms. The highest BCUT2D eigenvalue weighted by atomic mass is 16.6.